The van der Waals surface area contributed by atoms with E-state index in [4.69, 9.17) is 21.1 Å². The van der Waals surface area contributed by atoms with Crippen molar-refractivity contribution in [3.63, 3.8) is 0 Å². The Balaban J connectivity index is 2.54. The highest BCUT2D eigenvalue weighted by Gasteiger charge is 2.24. The predicted octanol–water partition coefficient (Wildman–Crippen LogP) is 2.84. The van der Waals surface area contributed by atoms with Crippen molar-refractivity contribution in [1.29, 1.82) is 0 Å². The highest BCUT2D eigenvalue weighted by molar-refractivity contribution is 6.33. The average molecular weight is 199 g/mol. The lowest BCUT2D eigenvalue weighted by Gasteiger charge is -2.07. The molecule has 1 aromatic rings. The Morgan fingerprint density at radius 1 is 1.54 bits per heavy atom. The molecule has 0 bridgehead atoms. The first-order valence-corrected chi connectivity index (χ1v) is 4.61. The molecule has 13 heavy (non-hydrogen) atoms. The van der Waals surface area contributed by atoms with Crippen molar-refractivity contribution < 1.29 is 9.47 Å². The molecule has 0 N–H and O–H groups in total. The maximum Gasteiger partial charge on any atom is 0.145 e. The summed E-state index contributed by atoms with van der Waals surface area (Å²) in [4.78, 5) is 0. The van der Waals surface area contributed by atoms with E-state index in [1.165, 1.54) is 5.56 Å². The fraction of sp³-hybridized carbons (Fsp3) is 0.400. The number of fused-ring (bicyclic) bond motifs is 1. The fourth-order valence-corrected chi connectivity index (χ4v) is 1.85. The van der Waals surface area contributed by atoms with Crippen LogP contribution >= 0.6 is 11.6 Å². The Hall–Kier alpha value is -0.890. The Morgan fingerprint density at radius 3 is 3.00 bits per heavy atom. The third-order valence-electron chi connectivity index (χ3n) is 2.32. The summed E-state index contributed by atoms with van der Waals surface area (Å²) in [5, 5.41) is 0.587. The van der Waals surface area contributed by atoms with Crippen LogP contribution < -0.4 is 9.47 Å². The molecule has 3 heteroatoms. The third kappa shape index (κ3) is 1.25. The summed E-state index contributed by atoms with van der Waals surface area (Å²) in [5.74, 6) is 1.89. The topological polar surface area (TPSA) is 18.5 Å². The first-order chi connectivity index (χ1) is 6.24. The number of ether oxygens (including phenoxy) is 2. The van der Waals surface area contributed by atoms with E-state index in [-0.39, 0.29) is 0 Å². The van der Waals surface area contributed by atoms with Crippen LogP contribution in [0, 0.1) is 0 Å². The quantitative estimate of drug-likeness (QED) is 0.691. The smallest absolute Gasteiger partial charge is 0.145 e. The van der Waals surface area contributed by atoms with Crippen LogP contribution in [0.1, 0.15) is 18.4 Å². The predicted molar refractivity (Wildman–Crippen MR) is 51.9 cm³/mol. The number of methoxy groups -OCH3 is 1. The van der Waals surface area contributed by atoms with Crippen LogP contribution in [-0.2, 0) is 0 Å². The maximum atomic E-state index is 6.07. The zero-order valence-corrected chi connectivity index (χ0v) is 8.39. The molecule has 2 rings (SSSR count). The Morgan fingerprint density at radius 2 is 2.31 bits per heavy atom. The van der Waals surface area contributed by atoms with Crippen molar-refractivity contribution in [2.75, 3.05) is 13.7 Å². The summed E-state index contributed by atoms with van der Waals surface area (Å²) in [6.45, 7) is 2.83. The number of hydrogen-bond acceptors (Lipinski definition) is 2. The molecule has 0 radical (unpaired) electrons. The SMILES string of the molecule is COc1ccc2c(c1Cl)OCC2C. The summed E-state index contributed by atoms with van der Waals surface area (Å²) < 4.78 is 10.6. The Kier molecular flexibility index (Phi) is 2.08. The minimum absolute atomic E-state index is 0.429. The van der Waals surface area contributed by atoms with Gasteiger partial charge >= 0.3 is 0 Å². The van der Waals surface area contributed by atoms with E-state index in [1.807, 2.05) is 12.1 Å². The zero-order chi connectivity index (χ0) is 9.42. The lowest BCUT2D eigenvalue weighted by molar-refractivity contribution is 0.335. The van der Waals surface area contributed by atoms with Crippen LogP contribution in [-0.4, -0.2) is 13.7 Å². The monoisotopic (exact) mass is 198 g/mol. The molecular formula is C10H11ClO2. The molecule has 0 spiro atoms. The van der Waals surface area contributed by atoms with Gasteiger partial charge < -0.3 is 9.47 Å². The van der Waals surface area contributed by atoms with E-state index < -0.39 is 0 Å². The van der Waals surface area contributed by atoms with Gasteiger partial charge in [0.15, 0.2) is 0 Å². The second-order valence-electron chi connectivity index (χ2n) is 3.21. The molecule has 1 atom stereocenters. The van der Waals surface area contributed by atoms with Crippen LogP contribution in [0.25, 0.3) is 0 Å². The standard InChI is InChI=1S/C10H11ClO2/c1-6-5-13-10-7(6)3-4-8(12-2)9(10)11/h3-4,6H,5H2,1-2H3. The largest absolute Gasteiger partial charge is 0.495 e. The van der Waals surface area contributed by atoms with Gasteiger partial charge in [-0.25, -0.2) is 0 Å². The van der Waals surface area contributed by atoms with Crippen molar-refractivity contribution in [2.45, 2.75) is 12.8 Å². The summed E-state index contributed by atoms with van der Waals surface area (Å²) in [5.41, 5.74) is 1.17. The van der Waals surface area contributed by atoms with E-state index in [9.17, 15) is 0 Å². The number of halogens is 1. The molecule has 0 aliphatic carbocycles. The van der Waals surface area contributed by atoms with Crippen molar-refractivity contribution in [3.05, 3.63) is 22.7 Å². The highest BCUT2D eigenvalue weighted by Crippen LogP contribution is 2.43. The van der Waals surface area contributed by atoms with Gasteiger partial charge in [-0.2, -0.15) is 0 Å². The molecule has 1 aliphatic heterocycles. The van der Waals surface area contributed by atoms with Crippen LogP contribution in [0.2, 0.25) is 5.02 Å². The lowest BCUT2D eigenvalue weighted by Crippen LogP contribution is -1.93. The minimum Gasteiger partial charge on any atom is -0.495 e. The molecule has 1 heterocycles. The second kappa shape index (κ2) is 3.11. The molecule has 0 amide bonds. The van der Waals surface area contributed by atoms with Crippen molar-refractivity contribution in [1.82, 2.24) is 0 Å². The first-order valence-electron chi connectivity index (χ1n) is 4.23. The number of benzene rings is 1. The summed E-state index contributed by atoms with van der Waals surface area (Å²) in [6, 6.07) is 3.89. The van der Waals surface area contributed by atoms with Gasteiger partial charge in [0, 0.05) is 11.5 Å². The van der Waals surface area contributed by atoms with Crippen LogP contribution in [0.5, 0.6) is 11.5 Å². The van der Waals surface area contributed by atoms with Crippen molar-refractivity contribution >= 4 is 11.6 Å². The molecule has 1 unspecified atom stereocenters. The van der Waals surface area contributed by atoms with Crippen LogP contribution in [0.4, 0.5) is 0 Å². The molecule has 0 saturated carbocycles. The third-order valence-corrected chi connectivity index (χ3v) is 2.68. The van der Waals surface area contributed by atoms with Gasteiger partial charge in [0.2, 0.25) is 0 Å². The molecule has 0 saturated heterocycles. The highest BCUT2D eigenvalue weighted by atomic mass is 35.5. The fourth-order valence-electron chi connectivity index (χ4n) is 1.54. The number of rotatable bonds is 1. The van der Waals surface area contributed by atoms with Gasteiger partial charge in [-0.05, 0) is 6.07 Å². The van der Waals surface area contributed by atoms with E-state index in [2.05, 4.69) is 6.92 Å². The average Bonchev–Trinajstić information content (AvgIpc) is 2.50. The summed E-state index contributed by atoms with van der Waals surface area (Å²) in [6.07, 6.45) is 0. The van der Waals surface area contributed by atoms with Gasteiger partial charge in [-0.15, -0.1) is 0 Å². The van der Waals surface area contributed by atoms with E-state index in [1.54, 1.807) is 7.11 Å². The molecule has 70 valence electrons. The zero-order valence-electron chi connectivity index (χ0n) is 7.63. The van der Waals surface area contributed by atoms with Crippen LogP contribution in [0.3, 0.4) is 0 Å². The molecule has 1 aliphatic rings. The van der Waals surface area contributed by atoms with Gasteiger partial charge in [0.1, 0.15) is 16.5 Å². The second-order valence-corrected chi connectivity index (χ2v) is 3.59. The Bertz CT molecular complexity index is 336. The molecule has 0 aromatic heterocycles. The normalized spacial score (nSPS) is 19.5. The van der Waals surface area contributed by atoms with Crippen molar-refractivity contribution in [2.24, 2.45) is 0 Å². The Labute approximate surface area is 82.4 Å². The number of hydrogen-bond donors (Lipinski definition) is 0. The van der Waals surface area contributed by atoms with E-state index >= 15 is 0 Å². The van der Waals surface area contributed by atoms with Gasteiger partial charge in [-0.3, -0.25) is 0 Å². The summed E-state index contributed by atoms with van der Waals surface area (Å²) >= 11 is 6.07. The lowest BCUT2D eigenvalue weighted by atomic mass is 10.0. The molecule has 2 nitrogen and oxygen atoms in total. The van der Waals surface area contributed by atoms with Gasteiger partial charge in [0.05, 0.1) is 13.7 Å². The van der Waals surface area contributed by atoms with Crippen LogP contribution in [0.15, 0.2) is 12.1 Å². The van der Waals surface area contributed by atoms with Gasteiger partial charge in [0.25, 0.3) is 0 Å². The summed E-state index contributed by atoms with van der Waals surface area (Å²) in [7, 11) is 1.60. The van der Waals surface area contributed by atoms with E-state index in [0.29, 0.717) is 23.3 Å². The van der Waals surface area contributed by atoms with E-state index in [0.717, 1.165) is 5.75 Å². The maximum absolute atomic E-state index is 6.07. The first kappa shape index (κ1) is 8.70. The molecule has 0 fully saturated rings. The molecular weight excluding hydrogens is 188 g/mol. The minimum atomic E-state index is 0.429. The van der Waals surface area contributed by atoms with Crippen molar-refractivity contribution in [3.8, 4) is 11.5 Å². The van der Waals surface area contributed by atoms with Gasteiger partial charge in [-0.1, -0.05) is 24.6 Å². The molecule has 1 aromatic carbocycles.